The molecule has 3 nitrogen and oxygen atoms in total. The Hall–Kier alpha value is -1.19. The molecule has 0 spiro atoms. The van der Waals surface area contributed by atoms with Gasteiger partial charge in [-0.05, 0) is 12.1 Å². The average molecular weight is 261 g/mol. The maximum atomic E-state index is 10.3. The third kappa shape index (κ3) is 3.43. The van der Waals surface area contributed by atoms with Gasteiger partial charge in [-0.25, -0.2) is 0 Å². The number of carboxylic acids is 1. The summed E-state index contributed by atoms with van der Waals surface area (Å²) in [5, 5.41) is 9.36. The first-order valence-electron chi connectivity index (χ1n) is 4.46. The van der Waals surface area contributed by atoms with E-state index < -0.39 is 5.97 Å². The van der Waals surface area contributed by atoms with Crippen molar-refractivity contribution in [2.75, 3.05) is 7.11 Å². The van der Waals surface area contributed by atoms with Crippen LogP contribution in [-0.2, 0) is 4.79 Å². The number of carboxylic acid groups (broad SMARTS) is 1. The molecule has 86 valence electrons. The standard InChI is InChI=1S/C11H10Cl2O3/c1-16-11-7(3-2-4-10(14)15)5-8(12)6-9(11)13/h2-3,5-6H,4H2,1H3,(H,14,15)/b3-2+. The molecule has 0 amide bonds. The van der Waals surface area contributed by atoms with Crippen LogP contribution in [-0.4, -0.2) is 18.2 Å². The largest absolute Gasteiger partial charge is 0.495 e. The monoisotopic (exact) mass is 260 g/mol. The molecule has 1 aromatic carbocycles. The number of hydrogen-bond donors (Lipinski definition) is 1. The summed E-state index contributed by atoms with van der Waals surface area (Å²) in [7, 11) is 1.49. The highest BCUT2D eigenvalue weighted by molar-refractivity contribution is 6.35. The molecule has 1 N–H and O–H groups in total. The van der Waals surface area contributed by atoms with Crippen LogP contribution in [0, 0.1) is 0 Å². The molecule has 0 aromatic heterocycles. The zero-order valence-electron chi connectivity index (χ0n) is 8.54. The Bertz CT molecular complexity index is 427. The fourth-order valence-corrected chi connectivity index (χ4v) is 1.79. The van der Waals surface area contributed by atoms with Crippen LogP contribution in [0.4, 0.5) is 0 Å². The van der Waals surface area contributed by atoms with Gasteiger partial charge in [0.15, 0.2) is 0 Å². The second-order valence-corrected chi connectivity index (χ2v) is 3.85. The predicted octanol–water partition coefficient (Wildman–Crippen LogP) is 3.49. The molecule has 0 atom stereocenters. The first-order valence-corrected chi connectivity index (χ1v) is 5.21. The Morgan fingerprint density at radius 2 is 2.19 bits per heavy atom. The summed E-state index contributed by atoms with van der Waals surface area (Å²) in [5.41, 5.74) is 0.654. The minimum absolute atomic E-state index is 0.0622. The molecule has 16 heavy (non-hydrogen) atoms. The summed E-state index contributed by atoms with van der Waals surface area (Å²) in [4.78, 5) is 10.3. The van der Waals surface area contributed by atoms with Crippen molar-refractivity contribution in [2.24, 2.45) is 0 Å². The zero-order valence-corrected chi connectivity index (χ0v) is 10.0. The molecule has 0 bridgehead atoms. The average Bonchev–Trinajstić information content (AvgIpc) is 2.16. The summed E-state index contributed by atoms with van der Waals surface area (Å²) in [6.07, 6.45) is 3.06. The molecule has 0 aliphatic carbocycles. The van der Waals surface area contributed by atoms with Crippen molar-refractivity contribution in [3.63, 3.8) is 0 Å². The van der Waals surface area contributed by atoms with Crippen molar-refractivity contribution in [1.82, 2.24) is 0 Å². The van der Waals surface area contributed by atoms with Crippen LogP contribution in [0.5, 0.6) is 5.75 Å². The zero-order chi connectivity index (χ0) is 12.1. The van der Waals surface area contributed by atoms with Crippen LogP contribution >= 0.6 is 23.2 Å². The number of carbonyl (C=O) groups is 1. The van der Waals surface area contributed by atoms with E-state index in [1.165, 1.54) is 13.2 Å². The van der Waals surface area contributed by atoms with Gasteiger partial charge in [-0.1, -0.05) is 35.4 Å². The van der Waals surface area contributed by atoms with E-state index in [4.69, 9.17) is 33.0 Å². The quantitative estimate of drug-likeness (QED) is 0.902. The highest BCUT2D eigenvalue weighted by Crippen LogP contribution is 2.32. The Balaban J connectivity index is 3.02. The van der Waals surface area contributed by atoms with Crippen molar-refractivity contribution in [3.05, 3.63) is 33.8 Å². The third-order valence-corrected chi connectivity index (χ3v) is 2.33. The fraction of sp³-hybridized carbons (Fsp3) is 0.182. The molecule has 0 unspecified atom stereocenters. The molecule has 0 fully saturated rings. The molecule has 0 saturated carbocycles. The minimum atomic E-state index is -0.900. The van der Waals surface area contributed by atoms with E-state index in [9.17, 15) is 4.79 Å². The summed E-state index contributed by atoms with van der Waals surface area (Å²) in [6.45, 7) is 0. The molecule has 1 rings (SSSR count). The van der Waals surface area contributed by atoms with Crippen LogP contribution < -0.4 is 4.74 Å². The molecule has 0 radical (unpaired) electrons. The maximum Gasteiger partial charge on any atom is 0.307 e. The number of methoxy groups -OCH3 is 1. The maximum absolute atomic E-state index is 10.3. The van der Waals surface area contributed by atoms with E-state index in [0.29, 0.717) is 21.4 Å². The van der Waals surface area contributed by atoms with E-state index in [1.54, 1.807) is 18.2 Å². The summed E-state index contributed by atoms with van der Waals surface area (Å²) in [6, 6.07) is 3.22. The number of hydrogen-bond acceptors (Lipinski definition) is 2. The van der Waals surface area contributed by atoms with Crippen LogP contribution in [0.3, 0.4) is 0 Å². The van der Waals surface area contributed by atoms with Crippen molar-refractivity contribution in [1.29, 1.82) is 0 Å². The third-order valence-electron chi connectivity index (χ3n) is 1.83. The van der Waals surface area contributed by atoms with Gasteiger partial charge in [-0.3, -0.25) is 4.79 Å². The second-order valence-electron chi connectivity index (χ2n) is 3.01. The summed E-state index contributed by atoms with van der Waals surface area (Å²) < 4.78 is 5.10. The molecule has 0 aliphatic heterocycles. The Morgan fingerprint density at radius 1 is 1.50 bits per heavy atom. The number of ether oxygens (including phenoxy) is 1. The van der Waals surface area contributed by atoms with Gasteiger partial charge in [0.25, 0.3) is 0 Å². The number of rotatable bonds is 4. The van der Waals surface area contributed by atoms with Gasteiger partial charge in [-0.2, -0.15) is 0 Å². The summed E-state index contributed by atoms with van der Waals surface area (Å²) in [5.74, 6) is -0.420. The molecule has 0 aliphatic rings. The number of aliphatic carboxylic acids is 1. The topological polar surface area (TPSA) is 46.5 Å². The highest BCUT2D eigenvalue weighted by Gasteiger charge is 2.07. The highest BCUT2D eigenvalue weighted by atomic mass is 35.5. The second kappa shape index (κ2) is 5.77. The van der Waals surface area contributed by atoms with Gasteiger partial charge in [0, 0.05) is 10.6 Å². The Labute approximate surface area is 103 Å². The van der Waals surface area contributed by atoms with E-state index in [0.717, 1.165) is 0 Å². The van der Waals surface area contributed by atoms with Gasteiger partial charge >= 0.3 is 5.97 Å². The molecule has 5 heteroatoms. The van der Waals surface area contributed by atoms with Gasteiger partial charge in [0.2, 0.25) is 0 Å². The van der Waals surface area contributed by atoms with Crippen LogP contribution in [0.25, 0.3) is 6.08 Å². The Kier molecular flexibility index (Phi) is 4.65. The predicted molar refractivity (Wildman–Crippen MR) is 64.3 cm³/mol. The lowest BCUT2D eigenvalue weighted by Gasteiger charge is -2.07. The summed E-state index contributed by atoms with van der Waals surface area (Å²) >= 11 is 11.7. The van der Waals surface area contributed by atoms with Crippen LogP contribution in [0.2, 0.25) is 10.0 Å². The van der Waals surface area contributed by atoms with Crippen LogP contribution in [0.15, 0.2) is 18.2 Å². The van der Waals surface area contributed by atoms with Crippen molar-refractivity contribution in [2.45, 2.75) is 6.42 Å². The molecular weight excluding hydrogens is 251 g/mol. The lowest BCUT2D eigenvalue weighted by molar-refractivity contribution is -0.135. The smallest absolute Gasteiger partial charge is 0.307 e. The van der Waals surface area contributed by atoms with Crippen molar-refractivity contribution < 1.29 is 14.6 Å². The molecule has 1 aromatic rings. The molecular formula is C11H10Cl2O3. The van der Waals surface area contributed by atoms with Gasteiger partial charge in [-0.15, -0.1) is 0 Å². The molecule has 0 heterocycles. The van der Waals surface area contributed by atoms with Crippen molar-refractivity contribution in [3.8, 4) is 5.75 Å². The number of benzene rings is 1. The van der Waals surface area contributed by atoms with Gasteiger partial charge in [0.1, 0.15) is 5.75 Å². The van der Waals surface area contributed by atoms with E-state index in [2.05, 4.69) is 0 Å². The molecule has 0 saturated heterocycles. The van der Waals surface area contributed by atoms with Gasteiger partial charge < -0.3 is 9.84 Å². The Morgan fingerprint density at radius 3 is 2.75 bits per heavy atom. The SMILES string of the molecule is COc1c(Cl)cc(Cl)cc1/C=C/CC(=O)O. The number of halogens is 2. The first kappa shape index (κ1) is 12.9. The fourth-order valence-electron chi connectivity index (χ4n) is 1.21. The lowest BCUT2D eigenvalue weighted by Crippen LogP contribution is -1.91. The van der Waals surface area contributed by atoms with E-state index in [1.807, 2.05) is 0 Å². The van der Waals surface area contributed by atoms with E-state index >= 15 is 0 Å². The minimum Gasteiger partial charge on any atom is -0.495 e. The van der Waals surface area contributed by atoms with Crippen molar-refractivity contribution >= 4 is 35.2 Å². The normalized spacial score (nSPS) is 10.7. The van der Waals surface area contributed by atoms with Crippen LogP contribution in [0.1, 0.15) is 12.0 Å². The lowest BCUT2D eigenvalue weighted by atomic mass is 10.1. The van der Waals surface area contributed by atoms with Gasteiger partial charge in [0.05, 0.1) is 18.6 Å². The van der Waals surface area contributed by atoms with E-state index in [-0.39, 0.29) is 6.42 Å². The first-order chi connectivity index (χ1) is 7.54.